The highest BCUT2D eigenvalue weighted by atomic mass is 79.9. The lowest BCUT2D eigenvalue weighted by atomic mass is 10.2. The minimum atomic E-state index is 0.528. The average Bonchev–Trinajstić information content (AvgIpc) is 2.80. The van der Waals surface area contributed by atoms with Gasteiger partial charge in [-0.25, -0.2) is 4.98 Å². The molecule has 1 aliphatic carbocycles. The van der Waals surface area contributed by atoms with Gasteiger partial charge in [0, 0.05) is 15.9 Å². The van der Waals surface area contributed by atoms with E-state index in [0.717, 1.165) is 15.4 Å². The minimum Gasteiger partial charge on any atom is -0.328 e. The first-order chi connectivity index (χ1) is 8.65. The third-order valence-electron chi connectivity index (χ3n) is 3.02. The summed E-state index contributed by atoms with van der Waals surface area (Å²) in [7, 11) is 0. The zero-order chi connectivity index (χ0) is 13.0. The van der Waals surface area contributed by atoms with Crippen LogP contribution in [0, 0.1) is 0 Å². The predicted molar refractivity (Wildman–Crippen MR) is 80.9 cm³/mol. The van der Waals surface area contributed by atoms with Gasteiger partial charge in [0.25, 0.3) is 0 Å². The fraction of sp³-hybridized carbons (Fsp3) is 0.357. The standard InChI is InChI=1S/C9H5BrClN.C5H11N/c10-7-3-1-6-2-4-9(11)12-8(6)5-7;6-5-3-1-2-4-5/h1-5H;5H,1-4,6H2. The van der Waals surface area contributed by atoms with Gasteiger partial charge in [-0.1, -0.05) is 46.4 Å². The van der Waals surface area contributed by atoms with Crippen LogP contribution in [0.4, 0.5) is 0 Å². The quantitative estimate of drug-likeness (QED) is 0.722. The Morgan fingerprint density at radius 1 is 1.17 bits per heavy atom. The minimum absolute atomic E-state index is 0.528. The maximum absolute atomic E-state index is 5.74. The highest BCUT2D eigenvalue weighted by Crippen LogP contribution is 2.19. The van der Waals surface area contributed by atoms with E-state index in [0.29, 0.717) is 11.2 Å². The van der Waals surface area contributed by atoms with Gasteiger partial charge < -0.3 is 5.73 Å². The molecule has 2 nitrogen and oxygen atoms in total. The van der Waals surface area contributed by atoms with Crippen LogP contribution in [0.25, 0.3) is 10.9 Å². The molecule has 4 heteroatoms. The molecule has 0 bridgehead atoms. The molecule has 1 aromatic carbocycles. The third-order valence-corrected chi connectivity index (χ3v) is 3.72. The zero-order valence-corrected chi connectivity index (χ0v) is 12.4. The maximum atomic E-state index is 5.74. The largest absolute Gasteiger partial charge is 0.328 e. The SMILES string of the molecule is Clc1ccc2ccc(Br)cc2n1.NC1CCCC1. The summed E-state index contributed by atoms with van der Waals surface area (Å²) in [6.45, 7) is 0. The van der Waals surface area contributed by atoms with Gasteiger partial charge >= 0.3 is 0 Å². The molecule has 0 aliphatic heterocycles. The van der Waals surface area contributed by atoms with Gasteiger partial charge in [-0.05, 0) is 37.1 Å². The first-order valence-electron chi connectivity index (χ1n) is 6.12. The second-order valence-electron chi connectivity index (χ2n) is 4.52. The molecule has 0 saturated heterocycles. The van der Waals surface area contributed by atoms with E-state index in [1.54, 1.807) is 6.07 Å². The van der Waals surface area contributed by atoms with Gasteiger partial charge in [0.1, 0.15) is 5.15 Å². The molecule has 2 aromatic rings. The molecule has 2 N–H and O–H groups in total. The third kappa shape index (κ3) is 3.94. The number of pyridine rings is 1. The van der Waals surface area contributed by atoms with Crippen LogP contribution in [0.2, 0.25) is 5.15 Å². The second kappa shape index (κ2) is 6.50. The Kier molecular flexibility index (Phi) is 4.98. The Balaban J connectivity index is 0.000000169. The Bertz CT molecular complexity index is 487. The summed E-state index contributed by atoms with van der Waals surface area (Å²) >= 11 is 9.12. The lowest BCUT2D eigenvalue weighted by Gasteiger charge is -1.97. The van der Waals surface area contributed by atoms with Crippen LogP contribution in [0.5, 0.6) is 0 Å². The Morgan fingerprint density at radius 2 is 1.83 bits per heavy atom. The van der Waals surface area contributed by atoms with Gasteiger partial charge in [-0.15, -0.1) is 0 Å². The molecule has 1 heterocycles. The molecule has 0 atom stereocenters. The predicted octanol–water partition coefficient (Wildman–Crippen LogP) is 4.54. The van der Waals surface area contributed by atoms with E-state index in [1.807, 2.05) is 24.3 Å². The highest BCUT2D eigenvalue weighted by Gasteiger charge is 2.07. The molecular formula is C14H16BrClN2. The van der Waals surface area contributed by atoms with E-state index in [4.69, 9.17) is 17.3 Å². The van der Waals surface area contributed by atoms with Crippen molar-refractivity contribution in [3.63, 3.8) is 0 Å². The Morgan fingerprint density at radius 3 is 2.44 bits per heavy atom. The van der Waals surface area contributed by atoms with E-state index in [2.05, 4.69) is 20.9 Å². The normalized spacial score (nSPS) is 15.5. The molecule has 18 heavy (non-hydrogen) atoms. The number of fused-ring (bicyclic) bond motifs is 1. The summed E-state index contributed by atoms with van der Waals surface area (Å²) in [6.07, 6.45) is 5.25. The number of benzene rings is 1. The Labute approximate surface area is 121 Å². The molecule has 0 radical (unpaired) electrons. The lowest BCUT2D eigenvalue weighted by molar-refractivity contribution is 0.704. The van der Waals surface area contributed by atoms with E-state index < -0.39 is 0 Å². The summed E-state index contributed by atoms with van der Waals surface area (Å²) in [5, 5.41) is 1.63. The van der Waals surface area contributed by atoms with Crippen LogP contribution >= 0.6 is 27.5 Å². The van der Waals surface area contributed by atoms with Gasteiger partial charge in [0.15, 0.2) is 0 Å². The van der Waals surface area contributed by atoms with Crippen LogP contribution in [0.1, 0.15) is 25.7 Å². The molecule has 0 spiro atoms. The summed E-state index contributed by atoms with van der Waals surface area (Å²) in [6, 6.07) is 10.2. The molecule has 0 amide bonds. The maximum Gasteiger partial charge on any atom is 0.129 e. The number of halogens is 2. The molecule has 3 rings (SSSR count). The summed E-state index contributed by atoms with van der Waals surface area (Å²) < 4.78 is 1.02. The topological polar surface area (TPSA) is 38.9 Å². The van der Waals surface area contributed by atoms with Gasteiger partial charge in [0.2, 0.25) is 0 Å². The molecule has 0 unspecified atom stereocenters. The number of hydrogen-bond donors (Lipinski definition) is 1. The molecular weight excluding hydrogens is 312 g/mol. The highest BCUT2D eigenvalue weighted by molar-refractivity contribution is 9.10. The van der Waals surface area contributed by atoms with Gasteiger partial charge in [0.05, 0.1) is 5.52 Å². The van der Waals surface area contributed by atoms with Crippen molar-refractivity contribution in [3.8, 4) is 0 Å². The van der Waals surface area contributed by atoms with Crippen molar-refractivity contribution in [1.82, 2.24) is 4.98 Å². The summed E-state index contributed by atoms with van der Waals surface area (Å²) in [5.74, 6) is 0. The number of aromatic nitrogens is 1. The zero-order valence-electron chi connectivity index (χ0n) is 10.1. The fourth-order valence-corrected chi connectivity index (χ4v) is 2.53. The average molecular weight is 328 g/mol. The van der Waals surface area contributed by atoms with Gasteiger partial charge in [-0.2, -0.15) is 0 Å². The first kappa shape index (κ1) is 13.8. The molecule has 1 aliphatic rings. The molecule has 1 saturated carbocycles. The number of hydrogen-bond acceptors (Lipinski definition) is 2. The number of nitrogens with two attached hydrogens (primary N) is 1. The van der Waals surface area contributed by atoms with Crippen molar-refractivity contribution < 1.29 is 0 Å². The Hall–Kier alpha value is -0.640. The van der Waals surface area contributed by atoms with Crippen LogP contribution in [0.15, 0.2) is 34.8 Å². The summed E-state index contributed by atoms with van der Waals surface area (Å²) in [5.41, 5.74) is 6.45. The number of rotatable bonds is 0. The first-order valence-corrected chi connectivity index (χ1v) is 7.29. The van der Waals surface area contributed by atoms with Crippen LogP contribution < -0.4 is 5.73 Å². The van der Waals surface area contributed by atoms with Crippen molar-refractivity contribution in [2.45, 2.75) is 31.7 Å². The summed E-state index contributed by atoms with van der Waals surface area (Å²) in [4.78, 5) is 4.17. The van der Waals surface area contributed by atoms with Crippen LogP contribution in [-0.4, -0.2) is 11.0 Å². The fourth-order valence-electron chi connectivity index (χ4n) is 2.02. The number of nitrogens with zero attached hydrogens (tertiary/aromatic N) is 1. The van der Waals surface area contributed by atoms with Crippen molar-refractivity contribution >= 4 is 38.4 Å². The lowest BCUT2D eigenvalue weighted by Crippen LogP contribution is -2.13. The van der Waals surface area contributed by atoms with Gasteiger partial charge in [-0.3, -0.25) is 0 Å². The monoisotopic (exact) mass is 326 g/mol. The smallest absolute Gasteiger partial charge is 0.129 e. The van der Waals surface area contributed by atoms with E-state index in [9.17, 15) is 0 Å². The molecule has 1 fully saturated rings. The van der Waals surface area contributed by atoms with E-state index in [-0.39, 0.29) is 0 Å². The van der Waals surface area contributed by atoms with Crippen molar-refractivity contribution in [2.24, 2.45) is 5.73 Å². The van der Waals surface area contributed by atoms with Crippen LogP contribution in [-0.2, 0) is 0 Å². The van der Waals surface area contributed by atoms with Crippen molar-refractivity contribution in [1.29, 1.82) is 0 Å². The van der Waals surface area contributed by atoms with Crippen molar-refractivity contribution in [3.05, 3.63) is 40.0 Å². The van der Waals surface area contributed by atoms with Crippen LogP contribution in [0.3, 0.4) is 0 Å². The second-order valence-corrected chi connectivity index (χ2v) is 5.82. The molecule has 1 aromatic heterocycles. The van der Waals surface area contributed by atoms with E-state index in [1.165, 1.54) is 25.7 Å². The van der Waals surface area contributed by atoms with E-state index >= 15 is 0 Å². The molecule has 96 valence electrons. The van der Waals surface area contributed by atoms with Crippen molar-refractivity contribution in [2.75, 3.05) is 0 Å².